The molecule has 0 aromatic carbocycles. The Hall–Kier alpha value is -4.19. The van der Waals surface area contributed by atoms with Crippen molar-refractivity contribution in [3.8, 4) is 0 Å². The predicted octanol–water partition coefficient (Wildman–Crippen LogP) is 12.3. The van der Waals surface area contributed by atoms with Gasteiger partial charge in [0.1, 0.15) is 11.4 Å². The van der Waals surface area contributed by atoms with Crippen LogP contribution in [0, 0.1) is 82.3 Å². The number of hydrogen-bond acceptors (Lipinski definition) is 4. The number of nitrogens with two attached hydrogens (primary N) is 1. The molecule has 3 N–H and O–H groups in total. The van der Waals surface area contributed by atoms with Crippen LogP contribution in [-0.4, -0.2) is 39.8 Å². The van der Waals surface area contributed by atoms with Crippen LogP contribution in [0.3, 0.4) is 0 Å². The van der Waals surface area contributed by atoms with Crippen LogP contribution in [0.25, 0.3) is 0 Å². The minimum absolute atomic E-state index is 0.0768. The van der Waals surface area contributed by atoms with E-state index in [4.69, 9.17) is 9.73 Å². The molecule has 5 fully saturated rings. The van der Waals surface area contributed by atoms with Crippen molar-refractivity contribution < 1.29 is 10.1 Å². The van der Waals surface area contributed by atoms with Crippen molar-refractivity contribution in [1.82, 2.24) is 10.2 Å². The Labute approximate surface area is 418 Å². The van der Waals surface area contributed by atoms with Gasteiger partial charge in [0.2, 0.25) is 6.17 Å². The van der Waals surface area contributed by atoms with Gasteiger partial charge in [0.25, 0.3) is 0 Å². The average Bonchev–Trinajstić information content (AvgIpc) is 3.76. The van der Waals surface area contributed by atoms with Crippen LogP contribution in [-0.2, 0) is 4.74 Å². The van der Waals surface area contributed by atoms with Crippen molar-refractivity contribution in [2.75, 3.05) is 0 Å². The summed E-state index contributed by atoms with van der Waals surface area (Å²) in [5.41, 5.74) is 16.6. The quantitative estimate of drug-likeness (QED) is 0.250. The first-order valence-electron chi connectivity index (χ1n) is 28.7. The van der Waals surface area contributed by atoms with E-state index < -0.39 is 0 Å². The lowest BCUT2D eigenvalue weighted by Crippen LogP contribution is -3.02. The zero-order chi connectivity index (χ0) is 46.8. The number of ether oxygens (including phenoxy) is 1. The zero-order valence-electron chi connectivity index (χ0n) is 42.9. The molecule has 19 unspecified atom stereocenters. The Morgan fingerprint density at radius 3 is 2.44 bits per heavy atom. The number of amidine groups is 1. The fourth-order valence-electron chi connectivity index (χ4n) is 18.9. The summed E-state index contributed by atoms with van der Waals surface area (Å²) in [4.78, 5) is 8.69. The van der Waals surface area contributed by atoms with Crippen LogP contribution >= 0.6 is 0 Å². The van der Waals surface area contributed by atoms with Crippen molar-refractivity contribution >= 4 is 5.84 Å². The minimum atomic E-state index is -0.349. The van der Waals surface area contributed by atoms with E-state index in [0.717, 1.165) is 62.2 Å². The van der Waals surface area contributed by atoms with E-state index in [1.807, 2.05) is 0 Å². The molecule has 0 amide bonds. The van der Waals surface area contributed by atoms with E-state index in [9.17, 15) is 0 Å². The average molecular weight is 930 g/mol. The van der Waals surface area contributed by atoms with Crippen molar-refractivity contribution in [2.24, 2.45) is 87.3 Å². The number of rotatable bonds is 7. The van der Waals surface area contributed by atoms with Gasteiger partial charge in [-0.25, -0.2) is 4.99 Å². The van der Waals surface area contributed by atoms with Crippen molar-refractivity contribution in [2.45, 2.75) is 154 Å². The van der Waals surface area contributed by atoms with Gasteiger partial charge in [0.05, 0.1) is 11.1 Å². The minimum Gasteiger partial charge on any atom is -0.360 e. The van der Waals surface area contributed by atoms with Crippen molar-refractivity contribution in [3.05, 3.63) is 153 Å². The molecule has 0 aromatic rings. The summed E-state index contributed by atoms with van der Waals surface area (Å²) >= 11 is 0. The number of quaternary nitrogens is 1. The van der Waals surface area contributed by atoms with Crippen LogP contribution in [0.1, 0.15) is 125 Å². The standard InChI is InChI=1S/C65H76N4O/c1-35-9-17-50-53-18-19-54-56-28-39-27-55(65(56,34-39)70-64(54,6)63(53,5)69(58(50)24-35)57-20-16-43-33-52(43)57)40-12-14-41(15-13-40)59-66-60(48-23-36(2)22-46(32-48)51-26-38-10-11-42(51)25-38)68-61(67-59)62(4)21-7-8-49(37(62)3)47-30-44-29-45(44)31-47/h7-9,12,14,16-20,22,26,28,30,32,35-39,42-45,49,53-55,59,61,67H,10-11,13,15,21,23-25,27,29,31,33-34H2,1-6H3,(H,66,68)/p+1. The number of fused-ring (bicyclic) bond motifs is 10. The fraction of sp³-hybridized carbons (Fsp3) is 0.585. The van der Waals surface area contributed by atoms with Gasteiger partial charge in [-0.15, -0.1) is 0 Å². The summed E-state index contributed by atoms with van der Waals surface area (Å²) in [5, 5.41) is 6.93. The summed E-state index contributed by atoms with van der Waals surface area (Å²) in [5.74, 6) is 8.98. The zero-order valence-corrected chi connectivity index (χ0v) is 42.9. The first-order valence-corrected chi connectivity index (χ1v) is 28.7. The van der Waals surface area contributed by atoms with Gasteiger partial charge in [-0.2, -0.15) is 0 Å². The monoisotopic (exact) mass is 930 g/mol. The molecule has 0 radical (unpaired) electrons. The number of allylic oxidation sites excluding steroid dienone is 18. The lowest BCUT2D eigenvalue weighted by Gasteiger charge is -2.55. The van der Waals surface area contributed by atoms with Gasteiger partial charge >= 0.3 is 0 Å². The maximum Gasteiger partial charge on any atom is 0.205 e. The Balaban J connectivity index is 0.730. The summed E-state index contributed by atoms with van der Waals surface area (Å²) in [6.45, 7) is 15.2. The SMILES string of the molecule is CC1C=C(C2=CC3CCC2C3)C=C(C2=NC(C3=CC=C(C4CC5C=C6C7C=CC8C9=C(CC(C)C=C9)N(C9=C%10CC%10C=C9)C8(C)C7(C)OC64C5)CC3)[NH2+]C(C3(C)CC=CC(C4=CC5CC5C4)C3C)N2)C1. The number of nitrogens with one attached hydrogen (secondary N) is 1. The highest BCUT2D eigenvalue weighted by atomic mass is 16.5. The topological polar surface area (TPSA) is 53.5 Å². The highest BCUT2D eigenvalue weighted by molar-refractivity contribution is 6.00. The lowest BCUT2D eigenvalue weighted by atomic mass is 9.60. The molecule has 70 heavy (non-hydrogen) atoms. The van der Waals surface area contributed by atoms with E-state index in [1.54, 1.807) is 39.1 Å². The maximum atomic E-state index is 8.18. The number of aliphatic imine (C=N–C) groups is 1. The molecule has 13 aliphatic carbocycles. The smallest absolute Gasteiger partial charge is 0.205 e. The van der Waals surface area contributed by atoms with Gasteiger partial charge in [-0.1, -0.05) is 118 Å². The largest absolute Gasteiger partial charge is 0.360 e. The maximum absolute atomic E-state index is 8.18. The summed E-state index contributed by atoms with van der Waals surface area (Å²) in [6.07, 6.45) is 54.9. The molecule has 4 bridgehead atoms. The molecule has 4 saturated carbocycles. The van der Waals surface area contributed by atoms with Gasteiger partial charge in [-0.05, 0) is 190 Å². The molecule has 1 spiro atoms. The van der Waals surface area contributed by atoms with E-state index in [2.05, 4.69) is 148 Å². The molecule has 5 nitrogen and oxygen atoms in total. The molecule has 16 aliphatic rings. The Morgan fingerprint density at radius 2 is 1.67 bits per heavy atom. The van der Waals surface area contributed by atoms with Gasteiger partial charge in [0, 0.05) is 52.0 Å². The van der Waals surface area contributed by atoms with E-state index in [0.29, 0.717) is 53.3 Å². The second-order valence-electron chi connectivity index (χ2n) is 27.0. The van der Waals surface area contributed by atoms with E-state index in [1.165, 1.54) is 73.2 Å². The molecular weight excluding hydrogens is 853 g/mol. The second kappa shape index (κ2) is 14.3. The van der Waals surface area contributed by atoms with Gasteiger partial charge in [-0.3, -0.25) is 0 Å². The summed E-state index contributed by atoms with van der Waals surface area (Å²) < 4.78 is 8.18. The summed E-state index contributed by atoms with van der Waals surface area (Å²) in [7, 11) is 0. The third kappa shape index (κ3) is 5.66. The van der Waals surface area contributed by atoms with E-state index >= 15 is 0 Å². The molecule has 19 atom stereocenters. The molecule has 362 valence electrons. The van der Waals surface area contributed by atoms with Gasteiger partial charge < -0.3 is 20.3 Å². The third-order valence-corrected chi connectivity index (χ3v) is 23.1. The Morgan fingerprint density at radius 1 is 0.800 bits per heavy atom. The third-order valence-electron chi connectivity index (χ3n) is 23.1. The Bertz CT molecular complexity index is 2900. The molecule has 3 aliphatic heterocycles. The lowest BCUT2D eigenvalue weighted by molar-refractivity contribution is -0.733. The normalized spacial score (nSPS) is 50.1. The van der Waals surface area contributed by atoms with Crippen molar-refractivity contribution in [1.29, 1.82) is 0 Å². The van der Waals surface area contributed by atoms with Crippen LogP contribution < -0.4 is 10.6 Å². The molecule has 16 rings (SSSR count). The highest BCUT2D eigenvalue weighted by Gasteiger charge is 2.74. The van der Waals surface area contributed by atoms with Crippen LogP contribution in [0.4, 0.5) is 0 Å². The van der Waals surface area contributed by atoms with Crippen molar-refractivity contribution in [3.63, 3.8) is 0 Å². The molecule has 0 aromatic heterocycles. The van der Waals surface area contributed by atoms with Crippen LogP contribution in [0.15, 0.2) is 158 Å². The van der Waals surface area contributed by atoms with Crippen LogP contribution in [0.2, 0.25) is 0 Å². The second-order valence-corrected chi connectivity index (χ2v) is 27.0. The first kappa shape index (κ1) is 42.3. The summed E-state index contributed by atoms with van der Waals surface area (Å²) in [6, 6.07) is 0. The molecule has 3 heterocycles. The molecule has 5 heteroatoms. The Kier molecular flexibility index (Phi) is 8.65. The van der Waals surface area contributed by atoms with Gasteiger partial charge in [0.15, 0.2) is 6.17 Å². The fourth-order valence-corrected chi connectivity index (χ4v) is 18.9. The van der Waals surface area contributed by atoms with Crippen LogP contribution in [0.5, 0.6) is 0 Å². The number of hydrogen-bond donors (Lipinski definition) is 2. The molecular formula is C65H77N4O+. The highest BCUT2D eigenvalue weighted by Crippen LogP contribution is 2.72. The number of nitrogens with zero attached hydrogens (tertiary/aromatic N) is 2. The molecule has 1 saturated heterocycles. The predicted molar refractivity (Wildman–Crippen MR) is 280 cm³/mol. The van der Waals surface area contributed by atoms with E-state index in [-0.39, 0.29) is 34.5 Å². The first-order chi connectivity index (χ1) is 33.9.